The summed E-state index contributed by atoms with van der Waals surface area (Å²) >= 11 is 5.24. The molecule has 1 N–H and O–H groups in total. The Kier molecular flexibility index (Phi) is 3.83. The van der Waals surface area contributed by atoms with E-state index in [2.05, 4.69) is 56.7 Å². The minimum Gasteiger partial charge on any atom is -0.312 e. The van der Waals surface area contributed by atoms with Crippen molar-refractivity contribution in [3.8, 4) is 10.6 Å². The number of nitrogens with zero attached hydrogens (tertiary/aromatic N) is 2. The zero-order valence-electron chi connectivity index (χ0n) is 11.2. The molecule has 1 unspecified atom stereocenters. The molecule has 20 heavy (non-hydrogen) atoms. The van der Waals surface area contributed by atoms with Crippen LogP contribution in [0.25, 0.3) is 21.5 Å². The lowest BCUT2D eigenvalue weighted by Crippen LogP contribution is -2.12. The normalized spacial score (nSPS) is 12.8. The van der Waals surface area contributed by atoms with Crippen LogP contribution in [0.5, 0.6) is 0 Å². The predicted octanol–water partition coefficient (Wildman–Crippen LogP) is 4.40. The summed E-state index contributed by atoms with van der Waals surface area (Å²) in [6, 6.07) is 8.41. The van der Waals surface area contributed by atoms with Gasteiger partial charge in [0.2, 0.25) is 0 Å². The Morgan fingerprint density at radius 3 is 2.95 bits per heavy atom. The Morgan fingerprint density at radius 2 is 2.15 bits per heavy atom. The fourth-order valence-electron chi connectivity index (χ4n) is 2.07. The van der Waals surface area contributed by atoms with E-state index in [9.17, 15) is 0 Å². The van der Waals surface area contributed by atoms with Crippen LogP contribution in [0.2, 0.25) is 0 Å². The maximum absolute atomic E-state index is 4.73. The molecule has 0 spiro atoms. The van der Waals surface area contributed by atoms with Crippen LogP contribution in [-0.2, 0) is 0 Å². The van der Waals surface area contributed by atoms with Gasteiger partial charge >= 0.3 is 0 Å². The van der Waals surface area contributed by atoms with Gasteiger partial charge in [0, 0.05) is 33.0 Å². The van der Waals surface area contributed by atoms with Crippen molar-refractivity contribution in [2.45, 2.75) is 13.0 Å². The van der Waals surface area contributed by atoms with Gasteiger partial charge in [0.05, 0.1) is 11.2 Å². The third-order valence-electron chi connectivity index (χ3n) is 3.35. The molecule has 3 nitrogen and oxygen atoms in total. The molecule has 0 aliphatic carbocycles. The van der Waals surface area contributed by atoms with E-state index < -0.39 is 0 Å². The molecule has 0 radical (unpaired) electrons. The summed E-state index contributed by atoms with van der Waals surface area (Å²) in [6.45, 7) is 2.11. The van der Waals surface area contributed by atoms with Crippen molar-refractivity contribution >= 4 is 38.2 Å². The van der Waals surface area contributed by atoms with E-state index in [-0.39, 0.29) is 6.04 Å². The summed E-state index contributed by atoms with van der Waals surface area (Å²) in [5.74, 6) is 0. The number of hydrogen-bond donors (Lipinski definition) is 1. The second kappa shape index (κ2) is 5.60. The van der Waals surface area contributed by atoms with Gasteiger partial charge in [-0.3, -0.25) is 4.98 Å². The second-order valence-electron chi connectivity index (χ2n) is 4.58. The van der Waals surface area contributed by atoms with E-state index in [0.29, 0.717) is 0 Å². The molecular weight excluding hydrogens is 334 g/mol. The number of nitrogens with one attached hydrogen (secondary N) is 1. The van der Waals surface area contributed by atoms with Crippen molar-refractivity contribution in [2.75, 3.05) is 7.05 Å². The van der Waals surface area contributed by atoms with E-state index in [4.69, 9.17) is 4.98 Å². The zero-order chi connectivity index (χ0) is 14.1. The Morgan fingerprint density at radius 1 is 1.30 bits per heavy atom. The maximum Gasteiger partial charge on any atom is 0.125 e. The van der Waals surface area contributed by atoms with Crippen molar-refractivity contribution in [1.82, 2.24) is 15.3 Å². The summed E-state index contributed by atoms with van der Waals surface area (Å²) in [5.41, 5.74) is 3.14. The lowest BCUT2D eigenvalue weighted by atomic mass is 10.1. The number of benzene rings is 1. The first-order chi connectivity index (χ1) is 9.70. The molecule has 3 rings (SSSR count). The Bertz CT molecular complexity index is 754. The molecule has 0 aliphatic rings. The van der Waals surface area contributed by atoms with Gasteiger partial charge in [-0.1, -0.05) is 22.0 Å². The number of aromatic nitrogens is 2. The van der Waals surface area contributed by atoms with Crippen LogP contribution < -0.4 is 5.32 Å². The highest BCUT2D eigenvalue weighted by Crippen LogP contribution is 2.34. The Hall–Kier alpha value is -1.30. The average molecular weight is 348 g/mol. The molecule has 3 aromatic rings. The molecule has 1 atom stereocenters. The summed E-state index contributed by atoms with van der Waals surface area (Å²) < 4.78 is 1.06. The SMILES string of the molecule is CNC(C)c1csc(-c2ccc(Br)c3cccnc23)n1. The number of fused-ring (bicyclic) bond motifs is 1. The summed E-state index contributed by atoms with van der Waals surface area (Å²) in [7, 11) is 1.94. The van der Waals surface area contributed by atoms with Crippen molar-refractivity contribution in [2.24, 2.45) is 0 Å². The number of thiazole rings is 1. The molecule has 0 bridgehead atoms. The van der Waals surface area contributed by atoms with Crippen LogP contribution in [0.15, 0.2) is 40.3 Å². The third-order valence-corrected chi connectivity index (χ3v) is 4.93. The quantitative estimate of drug-likeness (QED) is 0.762. The molecule has 2 heterocycles. The van der Waals surface area contributed by atoms with Gasteiger partial charge in [-0.15, -0.1) is 11.3 Å². The van der Waals surface area contributed by atoms with Crippen LogP contribution in [0.4, 0.5) is 0 Å². The summed E-state index contributed by atoms with van der Waals surface area (Å²) in [6.07, 6.45) is 1.82. The molecule has 5 heteroatoms. The minimum absolute atomic E-state index is 0.259. The van der Waals surface area contributed by atoms with Gasteiger partial charge in [-0.05, 0) is 32.2 Å². The van der Waals surface area contributed by atoms with E-state index in [1.807, 2.05) is 19.3 Å². The van der Waals surface area contributed by atoms with Gasteiger partial charge in [-0.25, -0.2) is 4.98 Å². The molecule has 0 saturated carbocycles. The molecule has 102 valence electrons. The number of halogens is 1. The highest BCUT2D eigenvalue weighted by molar-refractivity contribution is 9.10. The summed E-state index contributed by atoms with van der Waals surface area (Å²) in [4.78, 5) is 9.25. The van der Waals surface area contributed by atoms with Gasteiger partial charge < -0.3 is 5.32 Å². The lowest BCUT2D eigenvalue weighted by molar-refractivity contribution is 0.637. The van der Waals surface area contributed by atoms with E-state index in [1.54, 1.807) is 11.3 Å². The van der Waals surface area contributed by atoms with Crippen LogP contribution in [-0.4, -0.2) is 17.0 Å². The number of pyridine rings is 1. The second-order valence-corrected chi connectivity index (χ2v) is 6.29. The van der Waals surface area contributed by atoms with Gasteiger partial charge in [0.25, 0.3) is 0 Å². The average Bonchev–Trinajstić information content (AvgIpc) is 2.97. The first-order valence-corrected chi connectivity index (χ1v) is 8.04. The van der Waals surface area contributed by atoms with Crippen LogP contribution in [0.1, 0.15) is 18.7 Å². The van der Waals surface area contributed by atoms with Gasteiger partial charge in [-0.2, -0.15) is 0 Å². The number of hydrogen-bond acceptors (Lipinski definition) is 4. The lowest BCUT2D eigenvalue weighted by Gasteiger charge is -2.06. The highest BCUT2D eigenvalue weighted by atomic mass is 79.9. The minimum atomic E-state index is 0.259. The summed E-state index contributed by atoms with van der Waals surface area (Å²) in [5, 5.41) is 7.44. The molecular formula is C15H14BrN3S. The molecule has 2 aromatic heterocycles. The smallest absolute Gasteiger partial charge is 0.125 e. The Labute approximate surface area is 130 Å². The van der Waals surface area contributed by atoms with Crippen molar-refractivity contribution < 1.29 is 0 Å². The third kappa shape index (κ3) is 2.37. The largest absolute Gasteiger partial charge is 0.312 e. The number of rotatable bonds is 3. The highest BCUT2D eigenvalue weighted by Gasteiger charge is 2.13. The fraction of sp³-hybridized carbons (Fsp3) is 0.200. The van der Waals surface area contributed by atoms with Crippen molar-refractivity contribution in [1.29, 1.82) is 0 Å². The predicted molar refractivity (Wildman–Crippen MR) is 88.0 cm³/mol. The molecule has 0 fully saturated rings. The maximum atomic E-state index is 4.73. The monoisotopic (exact) mass is 347 g/mol. The zero-order valence-corrected chi connectivity index (χ0v) is 13.6. The first-order valence-electron chi connectivity index (χ1n) is 6.37. The molecule has 1 aromatic carbocycles. The van der Waals surface area contributed by atoms with E-state index in [1.165, 1.54) is 0 Å². The van der Waals surface area contributed by atoms with Gasteiger partial charge in [0.1, 0.15) is 5.01 Å². The standard InChI is InChI=1S/C15H14BrN3S/c1-9(17-2)13-8-20-15(19-13)11-5-6-12(16)10-4-3-7-18-14(10)11/h3-9,17H,1-2H3. The molecule has 0 amide bonds. The Balaban J connectivity index is 2.15. The van der Waals surface area contributed by atoms with Crippen LogP contribution in [0, 0.1) is 0 Å². The van der Waals surface area contributed by atoms with Crippen LogP contribution in [0.3, 0.4) is 0 Å². The molecule has 0 aliphatic heterocycles. The van der Waals surface area contributed by atoms with E-state index >= 15 is 0 Å². The van der Waals surface area contributed by atoms with Crippen molar-refractivity contribution in [3.05, 3.63) is 46.0 Å². The van der Waals surface area contributed by atoms with Gasteiger partial charge in [0.15, 0.2) is 0 Å². The molecule has 0 saturated heterocycles. The fourth-order valence-corrected chi connectivity index (χ4v) is 3.46. The van der Waals surface area contributed by atoms with Crippen molar-refractivity contribution in [3.63, 3.8) is 0 Å². The van der Waals surface area contributed by atoms with Crippen LogP contribution >= 0.6 is 27.3 Å². The topological polar surface area (TPSA) is 37.8 Å². The van der Waals surface area contributed by atoms with E-state index in [0.717, 1.165) is 31.6 Å². The first kappa shape index (κ1) is 13.7.